The fourth-order valence-corrected chi connectivity index (χ4v) is 9.28. The highest BCUT2D eigenvalue weighted by Gasteiger charge is 2.29. The molecule has 5 heteroatoms. The Morgan fingerprint density at radius 1 is 0.654 bits per heavy atom. The van der Waals surface area contributed by atoms with Crippen molar-refractivity contribution in [2.24, 2.45) is 5.92 Å². The second-order valence-corrected chi connectivity index (χ2v) is 20.2. The lowest BCUT2D eigenvalue weighted by Crippen LogP contribution is -2.40. The van der Waals surface area contributed by atoms with E-state index in [0.717, 1.165) is 51.5 Å². The first-order valence-electron chi connectivity index (χ1n) is 23.2. The quantitative estimate of drug-likeness (QED) is 0.0206. The van der Waals surface area contributed by atoms with E-state index in [2.05, 4.69) is 50.0 Å². The first-order chi connectivity index (χ1) is 25.5. The van der Waals surface area contributed by atoms with Crippen molar-refractivity contribution in [3.8, 4) is 12.3 Å². The molecule has 0 aromatic rings. The van der Waals surface area contributed by atoms with Crippen molar-refractivity contribution in [2.45, 2.75) is 238 Å². The monoisotopic (exact) mass is 746 g/mol. The van der Waals surface area contributed by atoms with Gasteiger partial charge in [-0.15, -0.1) is 6.42 Å². The molecular weight excluding hydrogens is 655 g/mol. The van der Waals surface area contributed by atoms with Gasteiger partial charge >= 0.3 is 8.56 Å². The summed E-state index contributed by atoms with van der Waals surface area (Å²) in [5.74, 6) is 3.77. The van der Waals surface area contributed by atoms with Gasteiger partial charge in [0.2, 0.25) is 0 Å². The minimum atomic E-state index is -2.24. The van der Waals surface area contributed by atoms with Crippen molar-refractivity contribution in [1.29, 1.82) is 0 Å². The molecule has 4 nitrogen and oxygen atoms in total. The molecule has 1 unspecified atom stereocenters. The number of terminal acetylenes is 1. The molecule has 1 aliphatic carbocycles. The van der Waals surface area contributed by atoms with Crippen LogP contribution < -0.4 is 0 Å². The molecular formula is C47H91NO3Si. The van der Waals surface area contributed by atoms with Crippen LogP contribution in [0.4, 0.5) is 0 Å². The highest BCUT2D eigenvalue weighted by molar-refractivity contribution is 6.64. The fraction of sp³-hybridized carbons (Fsp3) is 0.915. The highest BCUT2D eigenvalue weighted by Crippen LogP contribution is 2.28. The summed E-state index contributed by atoms with van der Waals surface area (Å²) in [4.78, 5) is 2.22. The van der Waals surface area contributed by atoms with Gasteiger partial charge in [-0.3, -0.25) is 4.90 Å². The molecule has 0 amide bonds. The first kappa shape index (κ1) is 49.4. The molecule has 0 saturated heterocycles. The third-order valence-corrected chi connectivity index (χ3v) is 12.9. The average molecular weight is 746 g/mol. The molecule has 0 aromatic heterocycles. The molecule has 1 fully saturated rings. The maximum atomic E-state index is 6.64. The highest BCUT2D eigenvalue weighted by atomic mass is 28.4. The lowest BCUT2D eigenvalue weighted by atomic mass is 9.85. The summed E-state index contributed by atoms with van der Waals surface area (Å²) in [5, 5.41) is 0. The number of allylic oxidation sites excluding steroid dienone is 2. The summed E-state index contributed by atoms with van der Waals surface area (Å²) in [5.41, 5.74) is 0. The van der Waals surface area contributed by atoms with Gasteiger partial charge in [0, 0.05) is 13.2 Å². The van der Waals surface area contributed by atoms with Crippen LogP contribution in [0.1, 0.15) is 219 Å². The lowest BCUT2D eigenvalue weighted by Gasteiger charge is -2.29. The number of nitrogens with zero attached hydrogens (tertiary/aromatic N) is 1. The van der Waals surface area contributed by atoms with Crippen molar-refractivity contribution in [1.82, 2.24) is 4.90 Å². The Bertz CT molecular complexity index is 805. The van der Waals surface area contributed by atoms with Crippen LogP contribution in [0.3, 0.4) is 0 Å². The minimum Gasteiger partial charge on any atom is -0.394 e. The summed E-state index contributed by atoms with van der Waals surface area (Å²) in [7, 11) is -0.141. The zero-order valence-electron chi connectivity index (χ0n) is 35.7. The molecule has 0 radical (unpaired) electrons. The van der Waals surface area contributed by atoms with E-state index < -0.39 is 8.56 Å². The minimum absolute atomic E-state index is 0.115. The normalized spacial score (nSPS) is 14.8. The van der Waals surface area contributed by atoms with Gasteiger partial charge in [0.15, 0.2) is 0 Å². The molecule has 0 spiro atoms. The van der Waals surface area contributed by atoms with Crippen molar-refractivity contribution < 1.29 is 13.6 Å². The van der Waals surface area contributed by atoms with E-state index in [1.54, 1.807) is 0 Å². The van der Waals surface area contributed by atoms with E-state index in [-0.39, 0.29) is 6.29 Å². The first-order valence-corrected chi connectivity index (χ1v) is 26.0. The molecule has 1 aliphatic rings. The second kappa shape index (κ2) is 37.3. The summed E-state index contributed by atoms with van der Waals surface area (Å²) >= 11 is 0. The number of rotatable bonds is 39. The topological polar surface area (TPSA) is 30.9 Å². The van der Waals surface area contributed by atoms with E-state index in [9.17, 15) is 0 Å². The molecule has 0 aliphatic heterocycles. The van der Waals surface area contributed by atoms with Crippen LogP contribution >= 0.6 is 0 Å². The smallest absolute Gasteiger partial charge is 0.333 e. The molecule has 1 rings (SSSR count). The molecule has 1 saturated carbocycles. The van der Waals surface area contributed by atoms with Gasteiger partial charge in [0.25, 0.3) is 0 Å². The third kappa shape index (κ3) is 33.9. The SMILES string of the molecule is C#CCN(C)CCCCCCO[Si](C)(C)OC(CCCCCCCCCCC1CCCCC1)OCCCCCCCC/C=C\CCCCCCCC. The number of unbranched alkanes of at least 4 members (excludes halogenated alkanes) is 22. The van der Waals surface area contributed by atoms with Crippen molar-refractivity contribution in [3.05, 3.63) is 12.2 Å². The predicted molar refractivity (Wildman–Crippen MR) is 231 cm³/mol. The zero-order chi connectivity index (χ0) is 37.6. The van der Waals surface area contributed by atoms with E-state index in [1.165, 1.54) is 193 Å². The van der Waals surface area contributed by atoms with Gasteiger partial charge < -0.3 is 13.6 Å². The Morgan fingerprint density at radius 3 is 1.79 bits per heavy atom. The van der Waals surface area contributed by atoms with Crippen LogP contribution in [0, 0.1) is 18.3 Å². The third-order valence-electron chi connectivity index (χ3n) is 11.1. The molecule has 0 heterocycles. The summed E-state index contributed by atoms with van der Waals surface area (Å²) in [6.45, 7) is 10.1. The summed E-state index contributed by atoms with van der Waals surface area (Å²) < 4.78 is 19.5. The predicted octanol–water partition coefficient (Wildman–Crippen LogP) is 14.7. The van der Waals surface area contributed by atoms with Crippen molar-refractivity contribution >= 4 is 8.56 Å². The number of ether oxygens (including phenoxy) is 1. The van der Waals surface area contributed by atoms with E-state index in [0.29, 0.717) is 0 Å². The van der Waals surface area contributed by atoms with Gasteiger partial charge in [-0.1, -0.05) is 179 Å². The maximum absolute atomic E-state index is 6.64. The van der Waals surface area contributed by atoms with E-state index >= 15 is 0 Å². The number of hydrogen-bond acceptors (Lipinski definition) is 4. The van der Waals surface area contributed by atoms with Crippen LogP contribution in [0.5, 0.6) is 0 Å². The molecule has 1 atom stereocenters. The van der Waals surface area contributed by atoms with Crippen LogP contribution in [-0.4, -0.2) is 53.1 Å². The molecule has 0 aromatic carbocycles. The van der Waals surface area contributed by atoms with Crippen LogP contribution in [-0.2, 0) is 13.6 Å². The molecule has 306 valence electrons. The molecule has 0 bridgehead atoms. The van der Waals surface area contributed by atoms with Gasteiger partial charge in [-0.05, 0) is 90.4 Å². The van der Waals surface area contributed by atoms with Gasteiger partial charge in [-0.2, -0.15) is 0 Å². The Balaban J connectivity index is 2.22. The number of hydrogen-bond donors (Lipinski definition) is 0. The Morgan fingerprint density at radius 2 is 1.17 bits per heavy atom. The maximum Gasteiger partial charge on any atom is 0.333 e. The summed E-state index contributed by atoms with van der Waals surface area (Å²) in [6.07, 6.45) is 54.4. The van der Waals surface area contributed by atoms with Gasteiger partial charge in [0.05, 0.1) is 6.54 Å². The van der Waals surface area contributed by atoms with Crippen LogP contribution in [0.25, 0.3) is 0 Å². The van der Waals surface area contributed by atoms with Gasteiger partial charge in [0.1, 0.15) is 6.29 Å². The van der Waals surface area contributed by atoms with E-state index in [4.69, 9.17) is 20.0 Å². The fourth-order valence-electron chi connectivity index (χ4n) is 7.76. The lowest BCUT2D eigenvalue weighted by molar-refractivity contribution is -0.104. The van der Waals surface area contributed by atoms with Gasteiger partial charge in [-0.25, -0.2) is 0 Å². The Hall–Kier alpha value is -0.643. The summed E-state index contributed by atoms with van der Waals surface area (Å²) in [6, 6.07) is 0. The van der Waals surface area contributed by atoms with Crippen LogP contribution in [0.2, 0.25) is 13.1 Å². The van der Waals surface area contributed by atoms with Crippen LogP contribution in [0.15, 0.2) is 12.2 Å². The Labute approximate surface area is 328 Å². The zero-order valence-corrected chi connectivity index (χ0v) is 36.7. The second-order valence-electron chi connectivity index (χ2n) is 16.9. The van der Waals surface area contributed by atoms with E-state index in [1.807, 2.05) is 0 Å². The molecule has 0 N–H and O–H groups in total. The van der Waals surface area contributed by atoms with Crippen molar-refractivity contribution in [3.63, 3.8) is 0 Å². The molecule has 52 heavy (non-hydrogen) atoms. The largest absolute Gasteiger partial charge is 0.394 e. The Kier molecular flexibility index (Phi) is 35.4. The standard InChI is InChI=1S/C47H91NO3Si/c1-6-8-9-10-11-12-13-14-15-16-17-18-21-24-28-36-44-49-47(51-52(4,5)50-45-37-29-27-35-43-48(3)42-7-2)41-34-26-23-20-19-22-25-31-38-46-39-32-30-33-40-46/h2,14-15,46-47H,6,8-13,16-45H2,1,3-5H3/b15-14-. The average Bonchev–Trinajstić information content (AvgIpc) is 3.13. The van der Waals surface area contributed by atoms with Crippen molar-refractivity contribution in [2.75, 3.05) is 33.4 Å².